The third-order valence-corrected chi connectivity index (χ3v) is 3.11. The molecule has 6 nitrogen and oxygen atoms in total. The molecule has 0 spiro atoms. The zero-order valence-corrected chi connectivity index (χ0v) is 12.1. The highest BCUT2D eigenvalue weighted by Crippen LogP contribution is 2.15. The van der Waals surface area contributed by atoms with Crippen LogP contribution in [0, 0.1) is 0 Å². The van der Waals surface area contributed by atoms with E-state index in [1.54, 1.807) is 30.3 Å². The van der Waals surface area contributed by atoms with Crippen molar-refractivity contribution in [1.29, 1.82) is 0 Å². The van der Waals surface area contributed by atoms with Crippen LogP contribution in [-0.2, 0) is 4.79 Å². The highest BCUT2D eigenvalue weighted by atomic mass is 16.6. The molecule has 3 aromatic rings. The summed E-state index contributed by atoms with van der Waals surface area (Å²) in [4.78, 5) is 19.8. The molecule has 0 radical (unpaired) electrons. The van der Waals surface area contributed by atoms with Crippen LogP contribution in [0.1, 0.15) is 0 Å². The molecule has 0 aliphatic carbocycles. The molecular weight excluding hydrogens is 296 g/mol. The summed E-state index contributed by atoms with van der Waals surface area (Å²) < 4.78 is 10.8. The van der Waals surface area contributed by atoms with Crippen molar-refractivity contribution in [1.82, 2.24) is 9.97 Å². The van der Waals surface area contributed by atoms with Crippen molar-refractivity contribution in [2.45, 2.75) is 6.10 Å². The summed E-state index contributed by atoms with van der Waals surface area (Å²) >= 11 is 0. The SMILES string of the molecule is O=C(O)C(COc1ccccc1)Oc1cnc2ccccc2n1. The number of rotatable bonds is 6. The maximum Gasteiger partial charge on any atom is 0.348 e. The fourth-order valence-electron chi connectivity index (χ4n) is 1.99. The molecule has 3 rings (SSSR count). The molecule has 116 valence electrons. The zero-order chi connectivity index (χ0) is 16.1. The summed E-state index contributed by atoms with van der Waals surface area (Å²) in [5.74, 6) is -0.407. The molecule has 0 fully saturated rings. The van der Waals surface area contributed by atoms with E-state index in [1.165, 1.54) is 6.20 Å². The number of benzene rings is 2. The molecule has 1 atom stereocenters. The molecule has 2 aromatic carbocycles. The van der Waals surface area contributed by atoms with Gasteiger partial charge >= 0.3 is 5.97 Å². The number of hydrogen-bond donors (Lipinski definition) is 1. The van der Waals surface area contributed by atoms with Gasteiger partial charge in [0.15, 0.2) is 0 Å². The molecule has 0 saturated heterocycles. The number of hydrogen-bond acceptors (Lipinski definition) is 5. The van der Waals surface area contributed by atoms with E-state index in [0.717, 1.165) is 0 Å². The Hall–Kier alpha value is -3.15. The van der Waals surface area contributed by atoms with Gasteiger partial charge in [-0.2, -0.15) is 0 Å². The molecule has 0 saturated carbocycles. The number of aromatic nitrogens is 2. The second kappa shape index (κ2) is 6.74. The Labute approximate surface area is 132 Å². The molecule has 23 heavy (non-hydrogen) atoms. The minimum absolute atomic E-state index is 0.131. The van der Waals surface area contributed by atoms with Crippen molar-refractivity contribution in [2.75, 3.05) is 6.61 Å². The number of carboxylic acid groups (broad SMARTS) is 1. The summed E-state index contributed by atoms with van der Waals surface area (Å²) in [6.07, 6.45) is 0.228. The van der Waals surface area contributed by atoms with Gasteiger partial charge in [0.2, 0.25) is 12.0 Å². The Kier molecular flexibility index (Phi) is 4.33. The number of carbonyl (C=O) groups is 1. The molecule has 0 bridgehead atoms. The molecule has 1 N–H and O–H groups in total. The Morgan fingerprint density at radius 1 is 1.04 bits per heavy atom. The Morgan fingerprint density at radius 2 is 1.74 bits per heavy atom. The molecule has 6 heteroatoms. The summed E-state index contributed by atoms with van der Waals surface area (Å²) in [7, 11) is 0. The fourth-order valence-corrected chi connectivity index (χ4v) is 1.99. The van der Waals surface area contributed by atoms with Crippen molar-refractivity contribution in [3.63, 3.8) is 0 Å². The molecule has 1 unspecified atom stereocenters. The number of aliphatic carboxylic acids is 1. The molecule has 1 aromatic heterocycles. The number of fused-ring (bicyclic) bond motifs is 1. The molecule has 0 aliphatic rings. The summed E-state index contributed by atoms with van der Waals surface area (Å²) in [5.41, 5.74) is 1.35. The lowest BCUT2D eigenvalue weighted by molar-refractivity contribution is -0.146. The summed E-state index contributed by atoms with van der Waals surface area (Å²) in [5, 5.41) is 9.27. The Morgan fingerprint density at radius 3 is 2.48 bits per heavy atom. The quantitative estimate of drug-likeness (QED) is 0.753. The first-order chi connectivity index (χ1) is 11.2. The van der Waals surface area contributed by atoms with Gasteiger partial charge in [-0.05, 0) is 24.3 Å². The van der Waals surface area contributed by atoms with Crippen LogP contribution in [-0.4, -0.2) is 33.8 Å². The third-order valence-electron chi connectivity index (χ3n) is 3.11. The topological polar surface area (TPSA) is 81.5 Å². The first-order valence-electron chi connectivity index (χ1n) is 7.01. The van der Waals surface area contributed by atoms with Gasteiger partial charge in [-0.1, -0.05) is 30.3 Å². The van der Waals surface area contributed by atoms with Crippen LogP contribution in [0.5, 0.6) is 11.6 Å². The van der Waals surface area contributed by atoms with E-state index in [4.69, 9.17) is 9.47 Å². The van der Waals surface area contributed by atoms with Gasteiger partial charge in [-0.3, -0.25) is 0 Å². The number of para-hydroxylation sites is 3. The van der Waals surface area contributed by atoms with Crippen LogP contribution in [0.4, 0.5) is 0 Å². The number of nitrogens with zero attached hydrogens (tertiary/aromatic N) is 2. The first-order valence-corrected chi connectivity index (χ1v) is 7.01. The van der Waals surface area contributed by atoms with Crippen molar-refractivity contribution >= 4 is 17.0 Å². The standard InChI is InChI=1S/C17H14N2O4/c20-17(21)15(11-22-12-6-2-1-3-7-12)23-16-10-18-13-8-4-5-9-14(13)19-16/h1-10,15H,11H2,(H,20,21). The van der Waals surface area contributed by atoms with Crippen molar-refractivity contribution in [2.24, 2.45) is 0 Å². The van der Waals surface area contributed by atoms with E-state index < -0.39 is 12.1 Å². The second-order valence-electron chi connectivity index (χ2n) is 4.77. The molecule has 0 aliphatic heterocycles. The van der Waals surface area contributed by atoms with Gasteiger partial charge in [0.1, 0.15) is 12.4 Å². The van der Waals surface area contributed by atoms with E-state index in [-0.39, 0.29) is 12.5 Å². The normalized spacial score (nSPS) is 11.8. The average molecular weight is 310 g/mol. The maximum absolute atomic E-state index is 11.3. The lowest BCUT2D eigenvalue weighted by atomic mass is 10.3. The van der Waals surface area contributed by atoms with Gasteiger partial charge < -0.3 is 14.6 Å². The van der Waals surface area contributed by atoms with Crippen molar-refractivity contribution < 1.29 is 19.4 Å². The minimum atomic E-state index is -1.18. The van der Waals surface area contributed by atoms with Crippen LogP contribution >= 0.6 is 0 Å². The van der Waals surface area contributed by atoms with Crippen LogP contribution in [0.15, 0.2) is 60.8 Å². The van der Waals surface area contributed by atoms with Crippen LogP contribution in [0.3, 0.4) is 0 Å². The van der Waals surface area contributed by atoms with Gasteiger partial charge in [0.05, 0.1) is 17.2 Å². The number of carboxylic acids is 1. The largest absolute Gasteiger partial charge is 0.489 e. The molecule has 1 heterocycles. The Bertz CT molecular complexity index is 808. The highest BCUT2D eigenvalue weighted by Gasteiger charge is 2.21. The average Bonchev–Trinajstić information content (AvgIpc) is 2.59. The highest BCUT2D eigenvalue weighted by molar-refractivity contribution is 5.75. The van der Waals surface area contributed by atoms with Gasteiger partial charge in [-0.15, -0.1) is 0 Å². The van der Waals surface area contributed by atoms with E-state index in [2.05, 4.69) is 9.97 Å². The van der Waals surface area contributed by atoms with E-state index in [0.29, 0.717) is 16.8 Å². The lowest BCUT2D eigenvalue weighted by Crippen LogP contribution is -2.33. The van der Waals surface area contributed by atoms with Gasteiger partial charge in [0, 0.05) is 0 Å². The van der Waals surface area contributed by atoms with Crippen LogP contribution in [0.25, 0.3) is 11.0 Å². The first kappa shape index (κ1) is 14.8. The fraction of sp³-hybridized carbons (Fsp3) is 0.118. The zero-order valence-electron chi connectivity index (χ0n) is 12.1. The predicted octanol–water partition coefficient (Wildman–Crippen LogP) is 2.54. The maximum atomic E-state index is 11.3. The third kappa shape index (κ3) is 3.74. The van der Waals surface area contributed by atoms with E-state index in [9.17, 15) is 9.90 Å². The summed E-state index contributed by atoms with van der Waals surface area (Å²) in [6.45, 7) is -0.131. The van der Waals surface area contributed by atoms with Crippen molar-refractivity contribution in [3.8, 4) is 11.6 Å². The number of ether oxygens (including phenoxy) is 2. The van der Waals surface area contributed by atoms with E-state index in [1.807, 2.05) is 24.3 Å². The van der Waals surface area contributed by atoms with Crippen LogP contribution in [0.2, 0.25) is 0 Å². The molecular formula is C17H14N2O4. The van der Waals surface area contributed by atoms with Gasteiger partial charge in [-0.25, -0.2) is 14.8 Å². The second-order valence-corrected chi connectivity index (χ2v) is 4.77. The van der Waals surface area contributed by atoms with Crippen LogP contribution < -0.4 is 9.47 Å². The van der Waals surface area contributed by atoms with Gasteiger partial charge in [0.25, 0.3) is 0 Å². The predicted molar refractivity (Wildman–Crippen MR) is 83.5 cm³/mol. The summed E-state index contributed by atoms with van der Waals surface area (Å²) in [6, 6.07) is 16.2. The lowest BCUT2D eigenvalue weighted by Gasteiger charge is -2.15. The van der Waals surface area contributed by atoms with Crippen molar-refractivity contribution in [3.05, 3.63) is 60.8 Å². The Balaban J connectivity index is 1.72. The minimum Gasteiger partial charge on any atom is -0.489 e. The van der Waals surface area contributed by atoms with E-state index >= 15 is 0 Å². The molecule has 0 amide bonds. The smallest absolute Gasteiger partial charge is 0.348 e. The monoisotopic (exact) mass is 310 g/mol.